The smallest absolute Gasteiger partial charge is 0.0671 e. The molecule has 1 aliphatic heterocycles. The van der Waals surface area contributed by atoms with Crippen molar-refractivity contribution < 1.29 is 4.74 Å². The molecule has 0 saturated carbocycles. The Morgan fingerprint density at radius 1 is 1.40 bits per heavy atom. The lowest BCUT2D eigenvalue weighted by Gasteiger charge is -2.11. The molecule has 1 aliphatic rings. The molecule has 1 fully saturated rings. The average molecular weight is 299 g/mol. The molecule has 2 atom stereocenters. The van der Waals surface area contributed by atoms with E-state index in [0.717, 1.165) is 38.8 Å². The molecule has 2 unspecified atom stereocenters. The second-order valence-electron chi connectivity index (χ2n) is 5.63. The van der Waals surface area contributed by atoms with Crippen molar-refractivity contribution >= 4 is 11.6 Å². The van der Waals surface area contributed by atoms with Crippen LogP contribution in [0.2, 0.25) is 0 Å². The third-order valence-electron chi connectivity index (χ3n) is 4.16. The fourth-order valence-electron chi connectivity index (χ4n) is 3.18. The maximum Gasteiger partial charge on any atom is 0.0671 e. The zero-order valence-electron chi connectivity index (χ0n) is 13.0. The van der Waals surface area contributed by atoms with Crippen LogP contribution in [0.4, 0.5) is 0 Å². The van der Waals surface area contributed by atoms with Gasteiger partial charge in [-0.05, 0) is 45.4 Å². The first kappa shape index (κ1) is 15.8. The molecule has 3 nitrogen and oxygen atoms in total. The number of aromatic nitrogens is 2. The summed E-state index contributed by atoms with van der Waals surface area (Å²) >= 11 is 6.35. The molecule has 0 spiro atoms. The van der Waals surface area contributed by atoms with Gasteiger partial charge in [0.2, 0.25) is 0 Å². The van der Waals surface area contributed by atoms with Gasteiger partial charge in [-0.1, -0.05) is 13.8 Å². The first-order valence-corrected chi connectivity index (χ1v) is 8.45. The molecule has 1 aromatic rings. The molecule has 0 N–H and O–H groups in total. The Bertz CT molecular complexity index is 422. The van der Waals surface area contributed by atoms with Gasteiger partial charge in [0.15, 0.2) is 0 Å². The van der Waals surface area contributed by atoms with Crippen LogP contribution < -0.4 is 0 Å². The van der Waals surface area contributed by atoms with E-state index in [1.807, 2.05) is 6.92 Å². The summed E-state index contributed by atoms with van der Waals surface area (Å²) < 4.78 is 7.87. The Kier molecular flexibility index (Phi) is 5.91. The highest BCUT2D eigenvalue weighted by atomic mass is 35.5. The van der Waals surface area contributed by atoms with Gasteiger partial charge in [-0.15, -0.1) is 11.6 Å². The van der Waals surface area contributed by atoms with E-state index in [2.05, 4.69) is 18.5 Å². The van der Waals surface area contributed by atoms with Crippen molar-refractivity contribution in [3.63, 3.8) is 0 Å². The van der Waals surface area contributed by atoms with Crippen LogP contribution in [0.15, 0.2) is 0 Å². The third-order valence-corrected chi connectivity index (χ3v) is 4.38. The first-order valence-electron chi connectivity index (χ1n) is 8.01. The molecule has 2 rings (SSSR count). The van der Waals surface area contributed by atoms with Gasteiger partial charge in [0.25, 0.3) is 0 Å². The fraction of sp³-hybridized carbons (Fsp3) is 0.812. The molecule has 2 heterocycles. The summed E-state index contributed by atoms with van der Waals surface area (Å²) in [6.07, 6.45) is 7.17. The van der Waals surface area contributed by atoms with Crippen molar-refractivity contribution in [2.75, 3.05) is 6.61 Å². The summed E-state index contributed by atoms with van der Waals surface area (Å²) in [4.78, 5) is 0. The van der Waals surface area contributed by atoms with Crippen LogP contribution in [0.3, 0.4) is 0 Å². The molecule has 114 valence electrons. The molecule has 4 heteroatoms. The molecular formula is C16H27ClN2O. The van der Waals surface area contributed by atoms with Crippen molar-refractivity contribution in [2.24, 2.45) is 0 Å². The van der Waals surface area contributed by atoms with E-state index >= 15 is 0 Å². The molecular weight excluding hydrogens is 272 g/mol. The average Bonchev–Trinajstić information content (AvgIpc) is 3.05. The van der Waals surface area contributed by atoms with Crippen molar-refractivity contribution in [3.8, 4) is 0 Å². The van der Waals surface area contributed by atoms with E-state index in [1.165, 1.54) is 29.8 Å². The quantitative estimate of drug-likeness (QED) is 0.703. The zero-order valence-corrected chi connectivity index (χ0v) is 13.7. The number of rotatable bonds is 7. The molecule has 0 aliphatic carbocycles. The zero-order chi connectivity index (χ0) is 14.5. The fourth-order valence-corrected chi connectivity index (χ4v) is 3.44. The maximum atomic E-state index is 6.35. The van der Waals surface area contributed by atoms with Gasteiger partial charge in [0.05, 0.1) is 17.2 Å². The molecule has 0 amide bonds. The molecule has 1 aromatic heterocycles. The Labute approximate surface area is 127 Å². The normalized spacial score (nSPS) is 20.5. The highest BCUT2D eigenvalue weighted by molar-refractivity contribution is 6.20. The van der Waals surface area contributed by atoms with Gasteiger partial charge in [-0.2, -0.15) is 5.10 Å². The first-order chi connectivity index (χ1) is 9.67. The SMILES string of the molecule is CCc1nn(CCCC2CCCO2)c(CC)c1C(C)Cl. The van der Waals surface area contributed by atoms with Crippen molar-refractivity contribution in [3.05, 3.63) is 17.0 Å². The van der Waals surface area contributed by atoms with Crippen LogP contribution in [0, 0.1) is 0 Å². The minimum absolute atomic E-state index is 0.0480. The summed E-state index contributed by atoms with van der Waals surface area (Å²) in [6.45, 7) is 8.32. The number of nitrogens with zero attached hydrogens (tertiary/aromatic N) is 2. The second-order valence-corrected chi connectivity index (χ2v) is 6.29. The summed E-state index contributed by atoms with van der Waals surface area (Å²) in [7, 11) is 0. The Morgan fingerprint density at radius 3 is 2.75 bits per heavy atom. The molecule has 0 radical (unpaired) electrons. The maximum absolute atomic E-state index is 6.35. The van der Waals surface area contributed by atoms with Gasteiger partial charge < -0.3 is 4.74 Å². The topological polar surface area (TPSA) is 27.1 Å². The Morgan fingerprint density at radius 2 is 2.20 bits per heavy atom. The lowest BCUT2D eigenvalue weighted by molar-refractivity contribution is 0.101. The van der Waals surface area contributed by atoms with Crippen LogP contribution in [-0.4, -0.2) is 22.5 Å². The molecule has 0 aromatic carbocycles. The third kappa shape index (κ3) is 3.56. The number of hydrogen-bond donors (Lipinski definition) is 0. The van der Waals surface area contributed by atoms with Crippen molar-refractivity contribution in [2.45, 2.75) is 77.3 Å². The Balaban J connectivity index is 2.02. The van der Waals surface area contributed by atoms with E-state index in [-0.39, 0.29) is 5.38 Å². The van der Waals surface area contributed by atoms with E-state index in [9.17, 15) is 0 Å². The summed E-state index contributed by atoms with van der Waals surface area (Å²) in [5, 5.41) is 4.82. The predicted octanol–water partition coefficient (Wildman–Crippen LogP) is 4.27. The highest BCUT2D eigenvalue weighted by Crippen LogP contribution is 2.28. The molecule has 1 saturated heterocycles. The number of alkyl halides is 1. The van der Waals surface area contributed by atoms with Gasteiger partial charge in [0, 0.05) is 24.4 Å². The molecule has 20 heavy (non-hydrogen) atoms. The summed E-state index contributed by atoms with van der Waals surface area (Å²) in [6, 6.07) is 0. The van der Waals surface area contributed by atoms with E-state index in [0.29, 0.717) is 6.10 Å². The van der Waals surface area contributed by atoms with Crippen LogP contribution in [-0.2, 0) is 24.1 Å². The van der Waals surface area contributed by atoms with Crippen LogP contribution >= 0.6 is 11.6 Å². The van der Waals surface area contributed by atoms with E-state index < -0.39 is 0 Å². The van der Waals surface area contributed by atoms with Gasteiger partial charge in [0.1, 0.15) is 0 Å². The van der Waals surface area contributed by atoms with Gasteiger partial charge >= 0.3 is 0 Å². The number of ether oxygens (including phenoxy) is 1. The predicted molar refractivity (Wildman–Crippen MR) is 83.5 cm³/mol. The highest BCUT2D eigenvalue weighted by Gasteiger charge is 2.20. The number of hydrogen-bond acceptors (Lipinski definition) is 2. The van der Waals surface area contributed by atoms with Crippen LogP contribution in [0.5, 0.6) is 0 Å². The summed E-state index contributed by atoms with van der Waals surface area (Å²) in [5.74, 6) is 0. The molecule has 0 bridgehead atoms. The lowest BCUT2D eigenvalue weighted by atomic mass is 10.1. The summed E-state index contributed by atoms with van der Waals surface area (Å²) in [5.41, 5.74) is 3.74. The minimum atomic E-state index is 0.0480. The Hall–Kier alpha value is -0.540. The number of halogens is 1. The van der Waals surface area contributed by atoms with Crippen molar-refractivity contribution in [1.82, 2.24) is 9.78 Å². The minimum Gasteiger partial charge on any atom is -0.378 e. The van der Waals surface area contributed by atoms with Crippen molar-refractivity contribution in [1.29, 1.82) is 0 Å². The monoisotopic (exact) mass is 298 g/mol. The van der Waals surface area contributed by atoms with Crippen LogP contribution in [0.25, 0.3) is 0 Å². The lowest BCUT2D eigenvalue weighted by Crippen LogP contribution is -2.10. The van der Waals surface area contributed by atoms with Gasteiger partial charge in [-0.3, -0.25) is 4.68 Å². The second kappa shape index (κ2) is 7.46. The van der Waals surface area contributed by atoms with Crippen LogP contribution in [0.1, 0.15) is 68.8 Å². The van der Waals surface area contributed by atoms with Gasteiger partial charge in [-0.25, -0.2) is 0 Å². The van der Waals surface area contributed by atoms with E-state index in [1.54, 1.807) is 0 Å². The number of aryl methyl sites for hydroxylation is 2. The largest absolute Gasteiger partial charge is 0.378 e. The standard InChI is InChI=1S/C16H27ClN2O/c1-4-14-16(12(3)17)15(5-2)19(18-14)10-6-8-13-9-7-11-20-13/h12-13H,4-11H2,1-3H3. The van der Waals surface area contributed by atoms with E-state index in [4.69, 9.17) is 21.4 Å².